The molecule has 0 atom stereocenters. The third-order valence-electron chi connectivity index (χ3n) is 1.93. The zero-order valence-corrected chi connectivity index (χ0v) is 10.6. The maximum Gasteiger partial charge on any atom is 0.253 e. The number of rotatable bonds is 2. The lowest BCUT2D eigenvalue weighted by atomic mass is 10.1. The molecule has 0 bridgehead atoms. The minimum Gasteiger partial charge on any atom is -0.488 e. The van der Waals surface area contributed by atoms with Crippen molar-refractivity contribution in [1.82, 2.24) is 4.90 Å². The SMILES string of the molecule is CN(C)C(=O)c1ccc(OC(C)(C)C)cc1. The molecule has 1 rings (SSSR count). The molecule has 0 spiro atoms. The number of hydrogen-bond donors (Lipinski definition) is 0. The van der Waals surface area contributed by atoms with Crippen molar-refractivity contribution in [2.75, 3.05) is 14.1 Å². The van der Waals surface area contributed by atoms with Gasteiger partial charge >= 0.3 is 0 Å². The maximum absolute atomic E-state index is 11.6. The van der Waals surface area contributed by atoms with Crippen molar-refractivity contribution in [3.63, 3.8) is 0 Å². The van der Waals surface area contributed by atoms with Gasteiger partial charge < -0.3 is 9.64 Å². The van der Waals surface area contributed by atoms with Crippen molar-refractivity contribution < 1.29 is 9.53 Å². The lowest BCUT2D eigenvalue weighted by Crippen LogP contribution is -2.23. The Hall–Kier alpha value is -1.51. The van der Waals surface area contributed by atoms with E-state index in [1.54, 1.807) is 31.1 Å². The molecule has 1 amide bonds. The van der Waals surface area contributed by atoms with E-state index in [1.807, 2.05) is 32.9 Å². The smallest absolute Gasteiger partial charge is 0.253 e. The van der Waals surface area contributed by atoms with Crippen molar-refractivity contribution in [2.45, 2.75) is 26.4 Å². The molecule has 0 aliphatic carbocycles. The summed E-state index contributed by atoms with van der Waals surface area (Å²) in [5, 5.41) is 0. The Morgan fingerprint density at radius 1 is 1.12 bits per heavy atom. The minimum atomic E-state index is -0.215. The van der Waals surface area contributed by atoms with Crippen LogP contribution in [0, 0.1) is 0 Å². The van der Waals surface area contributed by atoms with Crippen LogP contribution in [-0.4, -0.2) is 30.5 Å². The molecule has 0 N–H and O–H groups in total. The zero-order valence-electron chi connectivity index (χ0n) is 10.6. The second kappa shape index (κ2) is 4.56. The predicted molar refractivity (Wildman–Crippen MR) is 64.8 cm³/mol. The van der Waals surface area contributed by atoms with Crippen molar-refractivity contribution >= 4 is 5.91 Å². The summed E-state index contributed by atoms with van der Waals surface area (Å²) in [7, 11) is 3.48. The number of carbonyl (C=O) groups excluding carboxylic acids is 1. The summed E-state index contributed by atoms with van der Waals surface area (Å²) in [6.07, 6.45) is 0. The fourth-order valence-corrected chi connectivity index (χ4v) is 1.28. The molecule has 0 saturated heterocycles. The number of benzene rings is 1. The van der Waals surface area contributed by atoms with Gasteiger partial charge in [0.15, 0.2) is 0 Å². The molecule has 0 radical (unpaired) electrons. The van der Waals surface area contributed by atoms with Crippen LogP contribution in [0.25, 0.3) is 0 Å². The number of amides is 1. The van der Waals surface area contributed by atoms with E-state index in [4.69, 9.17) is 4.74 Å². The molecule has 0 fully saturated rings. The third kappa shape index (κ3) is 3.57. The van der Waals surface area contributed by atoms with Gasteiger partial charge in [0.2, 0.25) is 0 Å². The summed E-state index contributed by atoms with van der Waals surface area (Å²) >= 11 is 0. The highest BCUT2D eigenvalue weighted by Gasteiger charge is 2.12. The highest BCUT2D eigenvalue weighted by atomic mass is 16.5. The molecule has 0 aliphatic heterocycles. The molecule has 0 aliphatic rings. The van der Waals surface area contributed by atoms with Crippen LogP contribution in [0.15, 0.2) is 24.3 Å². The highest BCUT2D eigenvalue weighted by Crippen LogP contribution is 2.18. The van der Waals surface area contributed by atoms with Crippen molar-refractivity contribution in [2.24, 2.45) is 0 Å². The Kier molecular flexibility index (Phi) is 3.58. The molecule has 0 aromatic heterocycles. The quantitative estimate of drug-likeness (QED) is 0.768. The first kappa shape index (κ1) is 12.6. The van der Waals surface area contributed by atoms with Crippen LogP contribution in [0.4, 0.5) is 0 Å². The van der Waals surface area contributed by atoms with Crippen LogP contribution >= 0.6 is 0 Å². The standard InChI is InChI=1S/C13H19NO2/c1-13(2,3)16-11-8-6-10(7-9-11)12(15)14(4)5/h6-9H,1-5H3. The highest BCUT2D eigenvalue weighted by molar-refractivity contribution is 5.93. The molecule has 3 heteroatoms. The van der Waals surface area contributed by atoms with E-state index in [0.29, 0.717) is 5.56 Å². The Morgan fingerprint density at radius 3 is 2.00 bits per heavy atom. The summed E-state index contributed by atoms with van der Waals surface area (Å²) in [5.41, 5.74) is 0.457. The molecule has 1 aromatic rings. The van der Waals surface area contributed by atoms with Crippen LogP contribution in [0.2, 0.25) is 0 Å². The maximum atomic E-state index is 11.6. The first-order chi connectivity index (χ1) is 7.29. The van der Waals surface area contributed by atoms with Gasteiger partial charge in [0, 0.05) is 19.7 Å². The first-order valence-corrected chi connectivity index (χ1v) is 5.30. The molecule has 1 aromatic carbocycles. The van der Waals surface area contributed by atoms with Crippen molar-refractivity contribution in [1.29, 1.82) is 0 Å². The topological polar surface area (TPSA) is 29.5 Å². The molecule has 16 heavy (non-hydrogen) atoms. The Morgan fingerprint density at radius 2 is 1.62 bits per heavy atom. The summed E-state index contributed by atoms with van der Waals surface area (Å²) in [6.45, 7) is 5.98. The van der Waals surface area contributed by atoms with Gasteiger partial charge in [-0.3, -0.25) is 4.79 Å². The fourth-order valence-electron chi connectivity index (χ4n) is 1.28. The van der Waals surface area contributed by atoms with E-state index < -0.39 is 0 Å². The van der Waals surface area contributed by atoms with Gasteiger partial charge in [0.1, 0.15) is 11.4 Å². The predicted octanol–water partition coefficient (Wildman–Crippen LogP) is 2.57. The average molecular weight is 221 g/mol. The molecule has 3 nitrogen and oxygen atoms in total. The van der Waals surface area contributed by atoms with E-state index in [9.17, 15) is 4.79 Å². The second-order valence-electron chi connectivity index (χ2n) is 4.94. The van der Waals surface area contributed by atoms with E-state index in [-0.39, 0.29) is 11.5 Å². The van der Waals surface area contributed by atoms with E-state index in [0.717, 1.165) is 5.75 Å². The van der Waals surface area contributed by atoms with Crippen molar-refractivity contribution in [3.05, 3.63) is 29.8 Å². The van der Waals surface area contributed by atoms with Gasteiger partial charge in [-0.15, -0.1) is 0 Å². The zero-order chi connectivity index (χ0) is 12.3. The lowest BCUT2D eigenvalue weighted by molar-refractivity contribution is 0.0827. The molecule has 0 unspecified atom stereocenters. The van der Waals surface area contributed by atoms with Gasteiger partial charge in [-0.25, -0.2) is 0 Å². The summed E-state index contributed by atoms with van der Waals surface area (Å²) in [4.78, 5) is 13.2. The van der Waals surface area contributed by atoms with Crippen LogP contribution in [-0.2, 0) is 0 Å². The summed E-state index contributed by atoms with van der Waals surface area (Å²) in [6, 6.07) is 7.21. The third-order valence-corrected chi connectivity index (χ3v) is 1.93. The van der Waals surface area contributed by atoms with Crippen LogP contribution in [0.1, 0.15) is 31.1 Å². The molecular formula is C13H19NO2. The van der Waals surface area contributed by atoms with Crippen LogP contribution in [0.5, 0.6) is 5.75 Å². The molecular weight excluding hydrogens is 202 g/mol. The minimum absolute atomic E-state index is 0.00214. The average Bonchev–Trinajstić information content (AvgIpc) is 2.15. The fraction of sp³-hybridized carbons (Fsp3) is 0.462. The Labute approximate surface area is 97.0 Å². The number of carbonyl (C=O) groups is 1. The first-order valence-electron chi connectivity index (χ1n) is 5.30. The van der Waals surface area contributed by atoms with Gasteiger partial charge in [-0.05, 0) is 45.0 Å². The number of hydrogen-bond acceptors (Lipinski definition) is 2. The molecule has 0 saturated carbocycles. The van der Waals surface area contributed by atoms with E-state index in [2.05, 4.69) is 0 Å². The summed E-state index contributed by atoms with van der Waals surface area (Å²) < 4.78 is 5.67. The van der Waals surface area contributed by atoms with Gasteiger partial charge in [0.05, 0.1) is 0 Å². The van der Waals surface area contributed by atoms with Gasteiger partial charge in [-0.2, -0.15) is 0 Å². The van der Waals surface area contributed by atoms with Crippen LogP contribution < -0.4 is 4.74 Å². The van der Waals surface area contributed by atoms with Gasteiger partial charge in [0.25, 0.3) is 5.91 Å². The molecule has 0 heterocycles. The van der Waals surface area contributed by atoms with Gasteiger partial charge in [-0.1, -0.05) is 0 Å². The van der Waals surface area contributed by atoms with E-state index >= 15 is 0 Å². The Bertz CT molecular complexity index is 361. The Balaban J connectivity index is 2.80. The number of ether oxygens (including phenoxy) is 1. The second-order valence-corrected chi connectivity index (χ2v) is 4.94. The molecule has 88 valence electrons. The normalized spacial score (nSPS) is 11.1. The van der Waals surface area contributed by atoms with Crippen molar-refractivity contribution in [3.8, 4) is 5.75 Å². The number of nitrogens with zero attached hydrogens (tertiary/aromatic N) is 1. The van der Waals surface area contributed by atoms with Crippen LogP contribution in [0.3, 0.4) is 0 Å². The lowest BCUT2D eigenvalue weighted by Gasteiger charge is -2.21. The van der Waals surface area contributed by atoms with E-state index in [1.165, 1.54) is 0 Å². The largest absolute Gasteiger partial charge is 0.488 e. The summed E-state index contributed by atoms with van der Waals surface area (Å²) in [5.74, 6) is 0.783. The monoisotopic (exact) mass is 221 g/mol.